The molecular weight excluding hydrogens is 1380 g/mol. The zero-order valence-corrected chi connectivity index (χ0v) is 60.4. The number of aliphatic hydroxyl groups excluding tert-OH is 3. The van der Waals surface area contributed by atoms with Gasteiger partial charge in [-0.25, -0.2) is 4.79 Å². The lowest BCUT2D eigenvalue weighted by Gasteiger charge is -2.31. The maximum absolute atomic E-state index is 14.8. The highest BCUT2D eigenvalue weighted by Gasteiger charge is 2.42. The second-order valence-corrected chi connectivity index (χ2v) is 26.8. The van der Waals surface area contributed by atoms with Gasteiger partial charge in [0.05, 0.1) is 31.3 Å². The van der Waals surface area contributed by atoms with Gasteiger partial charge < -0.3 is 111 Å². The van der Waals surface area contributed by atoms with Crippen molar-refractivity contribution in [3.8, 4) is 0 Å². The molecule has 0 spiro atoms. The molecule has 1 aromatic rings. The predicted molar refractivity (Wildman–Crippen MR) is 377 cm³/mol. The van der Waals surface area contributed by atoms with Crippen molar-refractivity contribution in [3.05, 3.63) is 35.9 Å². The van der Waals surface area contributed by atoms with Crippen molar-refractivity contribution in [2.75, 3.05) is 50.1 Å². The zero-order chi connectivity index (χ0) is 76.9. The first-order valence-corrected chi connectivity index (χ1v) is 35.5. The molecule has 0 aromatic heterocycles. The predicted octanol–water partition coefficient (Wildman–Crippen LogP) is -5.40. The van der Waals surface area contributed by atoms with Gasteiger partial charge in [-0.2, -0.15) is 24.4 Å². The second kappa shape index (κ2) is 47.0. The maximum atomic E-state index is 14.8. The number of amides is 11. The molecule has 1 aromatic carbocycles. The Hall–Kier alpha value is -8.43. The first-order chi connectivity index (χ1) is 48.1. The summed E-state index contributed by atoms with van der Waals surface area (Å²) >= 11 is 5.25. The number of nitrogens with zero attached hydrogens (tertiary/aromatic N) is 2. The largest absolute Gasteiger partial charge is 0.481 e. The molecule has 2 rings (SSSR count). The number of unbranched alkanes of at least 4 members (excludes halogenated alkanes) is 1. The number of carboxylic acids is 2. The van der Waals surface area contributed by atoms with E-state index in [9.17, 15) is 92.7 Å². The van der Waals surface area contributed by atoms with Crippen LogP contribution in [-0.2, 0) is 78.3 Å². The van der Waals surface area contributed by atoms with E-state index in [1.807, 2.05) is 0 Å². The Morgan fingerprint density at radius 2 is 1.18 bits per heavy atom. The van der Waals surface area contributed by atoms with Gasteiger partial charge in [0, 0.05) is 43.2 Å². The minimum absolute atomic E-state index is 0.0126. The molecule has 0 bridgehead atoms. The lowest BCUT2D eigenvalue weighted by molar-refractivity contribution is -0.145. The van der Waals surface area contributed by atoms with Crippen molar-refractivity contribution >= 4 is 113 Å². The van der Waals surface area contributed by atoms with Crippen LogP contribution in [0, 0.1) is 11.8 Å². The molecule has 0 unspecified atom stereocenters. The summed E-state index contributed by atoms with van der Waals surface area (Å²) in [6, 6.07) is -10.3. The third-order valence-corrected chi connectivity index (χ3v) is 17.3. The average molecular weight is 1480 g/mol. The number of carbonyl (C=O) groups is 14. The summed E-state index contributed by atoms with van der Waals surface area (Å²) in [4.78, 5) is 195. The van der Waals surface area contributed by atoms with E-state index in [0.717, 1.165) is 30.5 Å². The number of benzene rings is 1. The molecule has 14 atom stereocenters. The van der Waals surface area contributed by atoms with Gasteiger partial charge in [-0.05, 0) is 95.6 Å². The van der Waals surface area contributed by atoms with Crippen LogP contribution in [0.15, 0.2) is 35.3 Å². The molecule has 0 saturated carbocycles. The smallest absolute Gasteiger partial charge is 0.328 e. The molecule has 23 N–H and O–H groups in total. The van der Waals surface area contributed by atoms with Crippen molar-refractivity contribution in [2.45, 2.75) is 210 Å². The fourth-order valence-electron chi connectivity index (χ4n) is 10.2. The number of ether oxygens (including phenoxy) is 1. The number of likely N-dealkylation sites (tertiary alicyclic amines) is 1. The number of carboxylic acid groups (broad SMARTS) is 2. The number of nitrogens with two attached hydrogens (primary N) is 4. The number of hydrogen-bond acceptors (Lipinski definition) is 23. The molecule has 1 aliphatic rings. The summed E-state index contributed by atoms with van der Waals surface area (Å²) in [5.74, 6) is -15.9. The molecule has 102 heavy (non-hydrogen) atoms. The summed E-state index contributed by atoms with van der Waals surface area (Å²) in [6.45, 7) is 9.63. The molecule has 1 heterocycles. The van der Waals surface area contributed by atoms with Gasteiger partial charge in [-0.1, -0.05) is 65.0 Å². The van der Waals surface area contributed by atoms with Crippen LogP contribution in [0.2, 0.25) is 0 Å². The van der Waals surface area contributed by atoms with Crippen LogP contribution in [0.25, 0.3) is 0 Å². The first kappa shape index (κ1) is 89.7. The van der Waals surface area contributed by atoms with Crippen LogP contribution in [0.4, 0.5) is 0 Å². The Morgan fingerprint density at radius 3 is 1.75 bits per heavy atom. The van der Waals surface area contributed by atoms with Gasteiger partial charge in [0.1, 0.15) is 67.0 Å². The lowest BCUT2D eigenvalue weighted by Crippen LogP contribution is -2.62. The lowest BCUT2D eigenvalue weighted by atomic mass is 10.0. The summed E-state index contributed by atoms with van der Waals surface area (Å²) < 4.78 is 5.21. The van der Waals surface area contributed by atoms with E-state index >= 15 is 0 Å². The van der Waals surface area contributed by atoms with Gasteiger partial charge in [0.25, 0.3) is 0 Å². The Morgan fingerprint density at radius 1 is 0.647 bits per heavy atom. The van der Waals surface area contributed by atoms with E-state index in [1.54, 1.807) is 65.0 Å². The molecular formula is C64H106N16O20S2. The SMILES string of the molecule is CCCC(=O)OCCSC[C@H](NC(=O)[C@@H](NC(=O)[C@@H]1CCCN1C(=O)[C@H](CCCN=C(N)N)NC(=O)[C@H](CO)NC(=O)[C@H](CC(C)C)NC(=O)[C@H](Cc1ccccc1)NC(=O)[C@H](CS)NC(=O)[C@H](CC(=O)O)NC(=O)[C@@H](N)C(C)C)[C@@H](C)O)C(=O)N[C@@H](CCCCN)C(=O)N[C@H](C(=O)O)[C@@H](C)O. The number of esters is 1. The number of guanidine groups is 1. The number of hydrogen-bond donors (Lipinski definition) is 20. The number of aliphatic hydroxyl groups is 3. The third-order valence-electron chi connectivity index (χ3n) is 15.9. The zero-order valence-electron chi connectivity index (χ0n) is 58.7. The molecule has 38 heteroatoms. The highest BCUT2D eigenvalue weighted by atomic mass is 32.2. The number of thioether (sulfide) groups is 1. The second-order valence-electron chi connectivity index (χ2n) is 25.3. The van der Waals surface area contributed by atoms with Crippen LogP contribution < -0.4 is 76.1 Å². The molecule has 0 radical (unpaired) electrons. The number of thiol groups is 1. The van der Waals surface area contributed by atoms with E-state index in [-0.39, 0.29) is 107 Å². The minimum Gasteiger partial charge on any atom is -0.481 e. The fraction of sp³-hybridized carbons (Fsp3) is 0.672. The molecule has 1 fully saturated rings. The number of nitrogens with one attached hydrogen (secondary N) is 10. The first-order valence-electron chi connectivity index (χ1n) is 33.8. The van der Waals surface area contributed by atoms with Gasteiger partial charge >= 0.3 is 17.9 Å². The fourth-order valence-corrected chi connectivity index (χ4v) is 11.3. The van der Waals surface area contributed by atoms with E-state index in [1.165, 1.54) is 0 Å². The van der Waals surface area contributed by atoms with Gasteiger partial charge in [-0.15, -0.1) is 0 Å². The summed E-state index contributed by atoms with van der Waals surface area (Å²) in [7, 11) is 0. The summed E-state index contributed by atoms with van der Waals surface area (Å²) in [5.41, 5.74) is 23.2. The number of aliphatic carboxylic acids is 2. The van der Waals surface area contributed by atoms with E-state index in [0.29, 0.717) is 18.4 Å². The van der Waals surface area contributed by atoms with Crippen LogP contribution in [0.3, 0.4) is 0 Å². The van der Waals surface area contributed by atoms with Gasteiger partial charge in [0.15, 0.2) is 12.0 Å². The van der Waals surface area contributed by atoms with Crippen LogP contribution in [0.1, 0.15) is 125 Å². The van der Waals surface area contributed by atoms with Crippen molar-refractivity contribution < 1.29 is 97.4 Å². The molecule has 0 aliphatic carbocycles. The monoisotopic (exact) mass is 1480 g/mol. The van der Waals surface area contributed by atoms with Gasteiger partial charge in [-0.3, -0.25) is 67.3 Å². The van der Waals surface area contributed by atoms with E-state index < -0.39 is 192 Å². The number of carbonyl (C=O) groups excluding carboxylic acids is 12. The van der Waals surface area contributed by atoms with Crippen LogP contribution >= 0.6 is 24.4 Å². The minimum atomic E-state index is -1.83. The maximum Gasteiger partial charge on any atom is 0.328 e. The van der Waals surface area contributed by atoms with E-state index in [2.05, 4.69) is 70.8 Å². The highest BCUT2D eigenvalue weighted by molar-refractivity contribution is 7.99. The molecule has 1 aliphatic heterocycles. The Balaban J connectivity index is 2.49. The standard InChI is InChI=1S/C64H106N16O20S2/c1-8-16-48(86)100-25-26-102-32-45(58(93)70-38(19-12-13-22-65)52(87)79-51(36(7)83)63(98)99)77-61(96)50(35(6)82)78-59(94)46-21-15-24-80(46)62(97)39(20-14-23-69-64(67)68)71-56(91)43(30-81)75-53(88)40(27-33(2)3)72-54(89)41(28-37-17-10-9-11-18-37)73-57(92)44(31-101)76-55(90)42(29-47(84)85)74-60(95)49(66)34(4)5/h9-11,17-18,33-36,38-46,49-51,81-83,101H,8,12-16,19-32,65-66H2,1-7H3,(H,70,93)(H,71,91)(H,72,89)(H,73,92)(H,74,95)(H,75,88)(H,76,90)(H,77,96)(H,78,94)(H,79,87)(H,84,85)(H,98,99)(H4,67,68,69)/t35-,36-,38+,39+,40+,41+,42+,43+,44+,45+,46+,49+,50+,51+/m1/s1. The van der Waals surface area contributed by atoms with E-state index in [4.69, 9.17) is 27.7 Å². The van der Waals surface area contributed by atoms with Crippen molar-refractivity contribution in [1.82, 2.24) is 58.1 Å². The third kappa shape index (κ3) is 32.3. The molecule has 36 nitrogen and oxygen atoms in total. The summed E-state index contributed by atoms with van der Waals surface area (Å²) in [5, 5.41) is 75.5. The topological polar surface area (TPSA) is 589 Å². The Bertz CT molecular complexity index is 2990. The van der Waals surface area contributed by atoms with Crippen LogP contribution in [-0.4, -0.2) is 254 Å². The summed E-state index contributed by atoms with van der Waals surface area (Å²) in [6.07, 6.45) is -3.15. The normalized spacial score (nSPS) is 16.5. The Labute approximate surface area is 602 Å². The van der Waals surface area contributed by atoms with Gasteiger partial charge in [0.2, 0.25) is 65.0 Å². The number of rotatable bonds is 48. The highest BCUT2D eigenvalue weighted by Crippen LogP contribution is 2.21. The Kier molecular flexibility index (Phi) is 41.3. The molecule has 574 valence electrons. The molecule has 1 saturated heterocycles. The van der Waals surface area contributed by atoms with Crippen molar-refractivity contribution in [1.29, 1.82) is 0 Å². The van der Waals surface area contributed by atoms with Crippen LogP contribution in [0.5, 0.6) is 0 Å². The van der Waals surface area contributed by atoms with Crippen molar-refractivity contribution in [2.24, 2.45) is 39.8 Å². The quantitative estimate of drug-likeness (QED) is 0.00952. The average Bonchev–Trinajstić information content (AvgIpc) is 1.57. The molecule has 11 amide bonds. The van der Waals surface area contributed by atoms with Crippen molar-refractivity contribution in [3.63, 3.8) is 0 Å². The number of aliphatic imine (C=N–C) groups is 1.